The number of ether oxygens (including phenoxy) is 1. The van der Waals surface area contributed by atoms with E-state index in [9.17, 15) is 10.1 Å². The quantitative estimate of drug-likeness (QED) is 0.402. The van der Waals surface area contributed by atoms with E-state index in [0.29, 0.717) is 18.8 Å². The van der Waals surface area contributed by atoms with Crippen LogP contribution in [0.4, 0.5) is 5.69 Å². The van der Waals surface area contributed by atoms with Crippen molar-refractivity contribution in [3.05, 3.63) is 76.0 Å². The molecule has 1 aromatic carbocycles. The van der Waals surface area contributed by atoms with Gasteiger partial charge in [-0.1, -0.05) is 22.9 Å². The Kier molecular flexibility index (Phi) is 2.95. The summed E-state index contributed by atoms with van der Waals surface area (Å²) in [6.07, 6.45) is 4.11. The predicted molar refractivity (Wildman–Crippen MR) is 85.1 cm³/mol. The molecule has 3 heterocycles. The average molecular weight is 336 g/mol. The lowest BCUT2D eigenvalue weighted by molar-refractivity contribution is -0.739. The average Bonchev–Trinajstić information content (AvgIpc) is 3.22. The Bertz CT molecular complexity index is 985. The Morgan fingerprint density at radius 1 is 1.28 bits per heavy atom. The molecule has 0 bridgehead atoms. The van der Waals surface area contributed by atoms with Gasteiger partial charge in [-0.2, -0.15) is 0 Å². The minimum absolute atomic E-state index is 0.116. The molecule has 2 aromatic heterocycles. The van der Waals surface area contributed by atoms with E-state index in [2.05, 4.69) is 10.1 Å². The van der Waals surface area contributed by atoms with Crippen LogP contribution in [0.25, 0.3) is 5.82 Å². The minimum Gasteiger partial charge on any atom is -0.363 e. The van der Waals surface area contributed by atoms with Gasteiger partial charge in [0.2, 0.25) is 12.1 Å². The molecule has 8 heteroatoms. The molecule has 1 aliphatic heterocycles. The highest BCUT2D eigenvalue weighted by Crippen LogP contribution is 2.40. The van der Waals surface area contributed by atoms with Crippen molar-refractivity contribution in [2.45, 2.75) is 25.2 Å². The number of fused-ring (bicyclic) bond motifs is 5. The zero-order chi connectivity index (χ0) is 17.0. The molecule has 2 aliphatic rings. The van der Waals surface area contributed by atoms with Crippen molar-refractivity contribution in [1.82, 2.24) is 14.8 Å². The van der Waals surface area contributed by atoms with Crippen LogP contribution in [-0.4, -0.2) is 25.8 Å². The molecule has 5 rings (SSSR count). The maximum absolute atomic E-state index is 11.5. The van der Waals surface area contributed by atoms with Crippen LogP contribution in [-0.2, 0) is 17.8 Å². The summed E-state index contributed by atoms with van der Waals surface area (Å²) in [4.78, 5) is 15.5. The summed E-state index contributed by atoms with van der Waals surface area (Å²) in [6.45, 7) is 0.378. The second-order valence-corrected chi connectivity index (χ2v) is 6.18. The summed E-state index contributed by atoms with van der Waals surface area (Å²) in [5.74, 6) is 1.43. The predicted octanol–water partition coefficient (Wildman–Crippen LogP) is 1.51. The van der Waals surface area contributed by atoms with Gasteiger partial charge >= 0.3 is 5.82 Å². The first-order valence-corrected chi connectivity index (χ1v) is 8.01. The van der Waals surface area contributed by atoms with E-state index in [4.69, 9.17) is 4.74 Å². The summed E-state index contributed by atoms with van der Waals surface area (Å²) in [5, 5.41) is 16.0. The summed E-state index contributed by atoms with van der Waals surface area (Å²) in [5.41, 5.74) is 1.83. The molecular formula is C17H14N5O3+. The fourth-order valence-corrected chi connectivity index (χ4v) is 3.76. The number of nitrogens with zero attached hydrogens (tertiary/aromatic N) is 5. The molecule has 0 radical (unpaired) electrons. The van der Waals surface area contributed by atoms with Crippen molar-refractivity contribution < 1.29 is 14.2 Å². The molecule has 0 N–H and O–H groups in total. The van der Waals surface area contributed by atoms with Crippen LogP contribution in [0.5, 0.6) is 0 Å². The maximum Gasteiger partial charge on any atom is 0.304 e. The molecule has 25 heavy (non-hydrogen) atoms. The number of hydrogen-bond acceptors (Lipinski definition) is 5. The number of rotatable bonds is 2. The largest absolute Gasteiger partial charge is 0.363 e. The van der Waals surface area contributed by atoms with E-state index < -0.39 is 0 Å². The summed E-state index contributed by atoms with van der Waals surface area (Å²) >= 11 is 0. The van der Waals surface area contributed by atoms with Gasteiger partial charge in [-0.25, -0.2) is 9.55 Å². The standard InChI is InChI=1S/C17H14N5O3/c23-22(24)12-5-3-4-11-8-13-17(16(11)12)20-10-21(19-15(20)9-25-13)14-6-1-2-7-18-14/h1-7,10,13,17H,8-9H2/q+1/t13-,17-/m1/s1. The molecule has 0 fully saturated rings. The third-order valence-electron chi connectivity index (χ3n) is 4.80. The number of hydrogen-bond donors (Lipinski definition) is 0. The topological polar surface area (TPSA) is 87.0 Å². The van der Waals surface area contributed by atoms with E-state index >= 15 is 0 Å². The van der Waals surface area contributed by atoms with Crippen molar-refractivity contribution >= 4 is 5.69 Å². The molecule has 3 aromatic rings. The summed E-state index contributed by atoms with van der Waals surface area (Å²) < 4.78 is 9.63. The molecular weight excluding hydrogens is 322 g/mol. The van der Waals surface area contributed by atoms with Crippen LogP contribution in [0, 0.1) is 10.1 Å². The van der Waals surface area contributed by atoms with Gasteiger partial charge in [-0.05, 0) is 11.6 Å². The number of benzene rings is 1. The van der Waals surface area contributed by atoms with Crippen LogP contribution < -0.4 is 4.57 Å². The van der Waals surface area contributed by atoms with Gasteiger partial charge in [0, 0.05) is 24.8 Å². The molecule has 2 atom stereocenters. The Morgan fingerprint density at radius 3 is 3.00 bits per heavy atom. The van der Waals surface area contributed by atoms with E-state index in [-0.39, 0.29) is 22.8 Å². The highest BCUT2D eigenvalue weighted by atomic mass is 16.6. The number of nitro groups is 1. The first-order chi connectivity index (χ1) is 12.2. The zero-order valence-electron chi connectivity index (χ0n) is 13.1. The fraction of sp³-hybridized carbons (Fsp3) is 0.235. The third-order valence-corrected chi connectivity index (χ3v) is 4.80. The molecule has 8 nitrogen and oxygen atoms in total. The second-order valence-electron chi connectivity index (χ2n) is 6.18. The van der Waals surface area contributed by atoms with Crippen molar-refractivity contribution in [2.24, 2.45) is 0 Å². The Morgan fingerprint density at radius 2 is 2.20 bits per heavy atom. The lowest BCUT2D eigenvalue weighted by Gasteiger charge is -2.23. The van der Waals surface area contributed by atoms with Crippen molar-refractivity contribution in [3.63, 3.8) is 0 Å². The van der Waals surface area contributed by atoms with E-state index in [1.165, 1.54) is 0 Å². The lowest BCUT2D eigenvalue weighted by Crippen LogP contribution is -2.51. The fourth-order valence-electron chi connectivity index (χ4n) is 3.76. The SMILES string of the molecule is O=[N+]([O-])c1cccc2c1[C@H]1[C@@H](C2)OCc2nn(-c3ccccn3)c[n+]21. The third kappa shape index (κ3) is 2.07. The molecule has 0 saturated heterocycles. The van der Waals surface area contributed by atoms with Gasteiger partial charge < -0.3 is 4.74 Å². The Balaban J connectivity index is 1.67. The number of pyridine rings is 1. The van der Waals surface area contributed by atoms with E-state index in [1.807, 2.05) is 35.2 Å². The molecule has 0 saturated carbocycles. The van der Waals surface area contributed by atoms with Crippen molar-refractivity contribution in [3.8, 4) is 5.82 Å². The Hall–Kier alpha value is -3.13. The normalized spacial score (nSPS) is 20.6. The molecule has 1 aliphatic carbocycles. The van der Waals surface area contributed by atoms with Gasteiger partial charge in [0.05, 0.1) is 15.6 Å². The van der Waals surface area contributed by atoms with Crippen molar-refractivity contribution in [2.75, 3.05) is 0 Å². The summed E-state index contributed by atoms with van der Waals surface area (Å²) in [7, 11) is 0. The van der Waals surface area contributed by atoms with Gasteiger partial charge in [0.25, 0.3) is 5.69 Å². The van der Waals surface area contributed by atoms with Gasteiger partial charge in [-0.3, -0.25) is 10.1 Å². The van der Waals surface area contributed by atoms with Gasteiger partial charge in [0.15, 0.2) is 0 Å². The Labute approximate surface area is 142 Å². The minimum atomic E-state index is -0.320. The van der Waals surface area contributed by atoms with Crippen LogP contribution in [0.2, 0.25) is 0 Å². The smallest absolute Gasteiger partial charge is 0.304 e. The molecule has 0 spiro atoms. The second kappa shape index (κ2) is 5.18. The van der Waals surface area contributed by atoms with E-state index in [1.54, 1.807) is 23.0 Å². The lowest BCUT2D eigenvalue weighted by atomic mass is 10.0. The van der Waals surface area contributed by atoms with Crippen LogP contribution >= 0.6 is 0 Å². The van der Waals surface area contributed by atoms with Crippen molar-refractivity contribution in [1.29, 1.82) is 0 Å². The summed E-state index contributed by atoms with van der Waals surface area (Å²) in [6, 6.07) is 10.6. The van der Waals surface area contributed by atoms with Crippen LogP contribution in [0.1, 0.15) is 23.0 Å². The zero-order valence-corrected chi connectivity index (χ0v) is 13.1. The molecule has 124 valence electrons. The van der Waals surface area contributed by atoms with Crippen LogP contribution in [0.3, 0.4) is 0 Å². The first-order valence-electron chi connectivity index (χ1n) is 8.01. The van der Waals surface area contributed by atoms with Gasteiger partial charge in [-0.15, -0.1) is 0 Å². The number of aromatic nitrogens is 4. The first kappa shape index (κ1) is 14.2. The molecule has 0 amide bonds. The maximum atomic E-state index is 11.5. The van der Waals surface area contributed by atoms with Crippen LogP contribution in [0.15, 0.2) is 48.9 Å². The number of nitro benzene ring substituents is 1. The highest BCUT2D eigenvalue weighted by molar-refractivity contribution is 5.50. The highest BCUT2D eigenvalue weighted by Gasteiger charge is 2.47. The van der Waals surface area contributed by atoms with E-state index in [0.717, 1.165) is 17.0 Å². The monoisotopic (exact) mass is 336 g/mol. The molecule has 0 unspecified atom stereocenters. The van der Waals surface area contributed by atoms with Gasteiger partial charge in [0.1, 0.15) is 18.8 Å².